The molecule has 0 aromatic heterocycles. The van der Waals surface area contributed by atoms with Crippen LogP contribution >= 0.6 is 0 Å². The molecule has 0 fully saturated rings. The molecule has 2 aromatic carbocycles. The molecule has 0 saturated carbocycles. The van der Waals surface area contributed by atoms with Crippen molar-refractivity contribution in [2.45, 2.75) is 37.9 Å². The lowest BCUT2D eigenvalue weighted by Crippen LogP contribution is -2.36. The molecule has 0 bridgehead atoms. The van der Waals surface area contributed by atoms with Gasteiger partial charge in [0.25, 0.3) is 21.8 Å². The number of benzene rings is 2. The molecule has 10 heteroatoms. The fraction of sp³-hybridized carbons (Fsp3) is 0.263. The number of rotatable bonds is 3. The van der Waals surface area contributed by atoms with Crippen molar-refractivity contribution in [3.63, 3.8) is 0 Å². The SMILES string of the molecule is Cc1ccc(NC(=O)c2ccc3c(c2)S(=O)(=O)N(C(C)C)C3=O)cc1C(F)(F)F. The molecule has 0 spiro atoms. The van der Waals surface area contributed by atoms with Crippen molar-refractivity contribution in [1.82, 2.24) is 4.31 Å². The third kappa shape index (κ3) is 3.59. The molecule has 0 atom stereocenters. The summed E-state index contributed by atoms with van der Waals surface area (Å²) in [6.45, 7) is 4.40. The predicted octanol–water partition coefficient (Wildman–Crippen LogP) is 3.82. The summed E-state index contributed by atoms with van der Waals surface area (Å²) >= 11 is 0. The molecule has 3 rings (SSSR count). The van der Waals surface area contributed by atoms with E-state index in [2.05, 4.69) is 5.32 Å². The average Bonchev–Trinajstić information content (AvgIpc) is 2.81. The van der Waals surface area contributed by atoms with Crippen LogP contribution in [0.5, 0.6) is 0 Å². The topological polar surface area (TPSA) is 83.6 Å². The Morgan fingerprint density at radius 3 is 2.34 bits per heavy atom. The largest absolute Gasteiger partial charge is 0.416 e. The van der Waals surface area contributed by atoms with Crippen LogP contribution in [0.2, 0.25) is 0 Å². The van der Waals surface area contributed by atoms with Crippen LogP contribution in [0.25, 0.3) is 0 Å². The number of carbonyl (C=O) groups excluding carboxylic acids is 2. The van der Waals surface area contributed by atoms with E-state index in [1.54, 1.807) is 13.8 Å². The molecule has 2 amide bonds. The van der Waals surface area contributed by atoms with Crippen molar-refractivity contribution >= 4 is 27.5 Å². The zero-order valence-electron chi connectivity index (χ0n) is 15.7. The van der Waals surface area contributed by atoms with E-state index in [-0.39, 0.29) is 27.3 Å². The Kier molecular flexibility index (Phi) is 4.94. The first kappa shape index (κ1) is 20.8. The van der Waals surface area contributed by atoms with E-state index < -0.39 is 39.6 Å². The van der Waals surface area contributed by atoms with Crippen LogP contribution in [0.15, 0.2) is 41.3 Å². The molecule has 1 aliphatic rings. The van der Waals surface area contributed by atoms with Crippen molar-refractivity contribution in [2.24, 2.45) is 0 Å². The highest BCUT2D eigenvalue weighted by atomic mass is 32.2. The Morgan fingerprint density at radius 1 is 1.10 bits per heavy atom. The molecule has 29 heavy (non-hydrogen) atoms. The van der Waals surface area contributed by atoms with Gasteiger partial charge in [0.1, 0.15) is 4.90 Å². The number of nitrogens with zero attached hydrogens (tertiary/aromatic N) is 1. The molecule has 1 N–H and O–H groups in total. The standard InChI is InChI=1S/C19H17F3N2O4S/c1-10(2)24-18(26)14-7-5-12(8-16(14)29(24,27)28)17(25)23-13-6-4-11(3)15(9-13)19(20,21)22/h4-10H,1-3H3,(H,23,25). The number of hydrogen-bond donors (Lipinski definition) is 1. The van der Waals surface area contributed by atoms with Crippen LogP contribution in [-0.2, 0) is 16.2 Å². The Balaban J connectivity index is 1.94. The van der Waals surface area contributed by atoms with Crippen molar-refractivity contribution in [1.29, 1.82) is 0 Å². The molecular formula is C19H17F3N2O4S. The third-order valence-electron chi connectivity index (χ3n) is 4.48. The molecule has 6 nitrogen and oxygen atoms in total. The second-order valence-electron chi connectivity index (χ2n) is 6.89. The van der Waals surface area contributed by atoms with Gasteiger partial charge in [0, 0.05) is 17.3 Å². The van der Waals surface area contributed by atoms with Crippen molar-refractivity contribution in [2.75, 3.05) is 5.32 Å². The number of amides is 2. The maximum Gasteiger partial charge on any atom is 0.416 e. The molecule has 1 heterocycles. The van der Waals surface area contributed by atoms with Crippen molar-refractivity contribution < 1.29 is 31.2 Å². The molecule has 0 saturated heterocycles. The quantitative estimate of drug-likeness (QED) is 0.809. The number of carbonyl (C=O) groups is 2. The van der Waals surface area contributed by atoms with Crippen LogP contribution in [-0.4, -0.2) is 30.6 Å². The maximum atomic E-state index is 13.0. The van der Waals surface area contributed by atoms with E-state index >= 15 is 0 Å². The van der Waals surface area contributed by atoms with Gasteiger partial charge in [-0.3, -0.25) is 9.59 Å². The highest BCUT2D eigenvalue weighted by Crippen LogP contribution is 2.34. The minimum Gasteiger partial charge on any atom is -0.322 e. The molecule has 0 aliphatic carbocycles. The summed E-state index contributed by atoms with van der Waals surface area (Å²) in [5, 5.41) is 2.33. The van der Waals surface area contributed by atoms with Crippen molar-refractivity contribution in [3.8, 4) is 0 Å². The highest BCUT2D eigenvalue weighted by molar-refractivity contribution is 7.90. The number of halogens is 3. The fourth-order valence-electron chi connectivity index (χ4n) is 3.11. The van der Waals surface area contributed by atoms with Gasteiger partial charge >= 0.3 is 6.18 Å². The summed E-state index contributed by atoms with van der Waals surface area (Å²) in [5.74, 6) is -1.48. The van der Waals surface area contributed by atoms with Crippen LogP contribution < -0.4 is 5.32 Å². The molecule has 0 unspecified atom stereocenters. The van der Waals surface area contributed by atoms with Crippen molar-refractivity contribution in [3.05, 3.63) is 58.7 Å². The highest BCUT2D eigenvalue weighted by Gasteiger charge is 2.43. The minimum absolute atomic E-state index is 0.00594. The number of fused-ring (bicyclic) bond motifs is 1. The maximum absolute atomic E-state index is 13.0. The second kappa shape index (κ2) is 6.87. The molecule has 154 valence electrons. The minimum atomic E-state index is -4.58. The molecule has 0 radical (unpaired) electrons. The summed E-state index contributed by atoms with van der Waals surface area (Å²) in [7, 11) is -4.10. The van der Waals surface area contributed by atoms with Gasteiger partial charge in [-0.25, -0.2) is 12.7 Å². The van der Waals surface area contributed by atoms with E-state index in [0.717, 1.165) is 16.4 Å². The number of hydrogen-bond acceptors (Lipinski definition) is 4. The predicted molar refractivity (Wildman–Crippen MR) is 99.1 cm³/mol. The summed E-state index contributed by atoms with van der Waals surface area (Å²) in [6.07, 6.45) is -4.58. The van der Waals surface area contributed by atoms with Gasteiger partial charge in [0.05, 0.1) is 11.1 Å². The first-order chi connectivity index (χ1) is 13.3. The van der Waals surface area contributed by atoms with E-state index in [4.69, 9.17) is 0 Å². The Labute approximate surface area is 165 Å². The van der Waals surface area contributed by atoms with Gasteiger partial charge in [0.2, 0.25) is 0 Å². The van der Waals surface area contributed by atoms with Crippen LogP contribution in [0.4, 0.5) is 18.9 Å². The van der Waals surface area contributed by atoms with E-state index in [1.165, 1.54) is 31.2 Å². The van der Waals surface area contributed by atoms with Crippen LogP contribution in [0, 0.1) is 6.92 Å². The average molecular weight is 426 g/mol. The zero-order chi connectivity index (χ0) is 21.7. The third-order valence-corrected chi connectivity index (χ3v) is 6.48. The fourth-order valence-corrected chi connectivity index (χ4v) is 4.90. The van der Waals surface area contributed by atoms with Gasteiger partial charge in [0.15, 0.2) is 0 Å². The Morgan fingerprint density at radius 2 is 1.76 bits per heavy atom. The number of aryl methyl sites for hydroxylation is 1. The Bertz CT molecular complexity index is 1120. The molecule has 2 aromatic rings. The normalized spacial score (nSPS) is 15.6. The lowest BCUT2D eigenvalue weighted by Gasteiger charge is -2.18. The summed E-state index contributed by atoms with van der Waals surface area (Å²) in [5.41, 5.74) is -1.11. The Hall–Kier alpha value is -2.88. The summed E-state index contributed by atoms with van der Waals surface area (Å²) < 4.78 is 65.1. The van der Waals surface area contributed by atoms with E-state index in [9.17, 15) is 31.2 Å². The lowest BCUT2D eigenvalue weighted by atomic mass is 10.1. The zero-order valence-corrected chi connectivity index (χ0v) is 16.5. The van der Waals surface area contributed by atoms with Gasteiger partial charge < -0.3 is 5.32 Å². The van der Waals surface area contributed by atoms with Crippen LogP contribution in [0.3, 0.4) is 0 Å². The molecule has 1 aliphatic heterocycles. The van der Waals surface area contributed by atoms with Gasteiger partial charge in [-0.2, -0.15) is 13.2 Å². The number of sulfonamides is 1. The van der Waals surface area contributed by atoms with E-state index in [0.29, 0.717) is 0 Å². The van der Waals surface area contributed by atoms with Crippen LogP contribution in [0.1, 0.15) is 45.7 Å². The summed E-state index contributed by atoms with van der Waals surface area (Å²) in [4.78, 5) is 24.5. The monoisotopic (exact) mass is 426 g/mol. The van der Waals surface area contributed by atoms with Gasteiger partial charge in [-0.1, -0.05) is 6.07 Å². The summed E-state index contributed by atoms with van der Waals surface area (Å²) in [6, 6.07) is 6.28. The second-order valence-corrected chi connectivity index (χ2v) is 8.68. The first-order valence-corrected chi connectivity index (χ1v) is 10.00. The smallest absolute Gasteiger partial charge is 0.322 e. The molecular weight excluding hydrogens is 409 g/mol. The number of anilines is 1. The lowest BCUT2D eigenvalue weighted by molar-refractivity contribution is -0.138. The number of alkyl halides is 3. The first-order valence-electron chi connectivity index (χ1n) is 8.56. The van der Waals surface area contributed by atoms with Gasteiger partial charge in [-0.15, -0.1) is 0 Å². The van der Waals surface area contributed by atoms with E-state index in [1.807, 2.05) is 0 Å². The number of nitrogens with one attached hydrogen (secondary N) is 1. The van der Waals surface area contributed by atoms with Gasteiger partial charge in [-0.05, 0) is 56.7 Å².